The molecule has 4 heteroatoms. The van der Waals surface area contributed by atoms with Gasteiger partial charge in [-0.15, -0.1) is 0 Å². The van der Waals surface area contributed by atoms with E-state index in [0.717, 1.165) is 12.2 Å². The molecule has 1 aromatic rings. The number of hydrogen-bond acceptors (Lipinski definition) is 3. The molecule has 0 aliphatic carbocycles. The maximum atomic E-state index is 5.55. The van der Waals surface area contributed by atoms with Gasteiger partial charge in [0.2, 0.25) is 0 Å². The van der Waals surface area contributed by atoms with Gasteiger partial charge in [0.05, 0.1) is 24.2 Å². The molecule has 0 radical (unpaired) electrons. The van der Waals surface area contributed by atoms with Crippen LogP contribution in [0.2, 0.25) is 0 Å². The minimum absolute atomic E-state index is 0.176. The summed E-state index contributed by atoms with van der Waals surface area (Å²) in [6, 6.07) is 0. The topological polar surface area (TPSA) is 53.1 Å². The van der Waals surface area contributed by atoms with Crippen molar-refractivity contribution in [3.05, 3.63) is 18.2 Å². The number of hydrogen-bond donors (Lipinski definition) is 1. The van der Waals surface area contributed by atoms with Crippen LogP contribution >= 0.6 is 0 Å². The Hall–Kier alpha value is -0.870. The smallest absolute Gasteiger partial charge is 0.0949 e. The average molecular weight is 183 g/mol. The number of nitrogens with two attached hydrogens (primary N) is 1. The van der Waals surface area contributed by atoms with Gasteiger partial charge in [-0.25, -0.2) is 4.98 Å². The summed E-state index contributed by atoms with van der Waals surface area (Å²) < 4.78 is 7.34. The first-order chi connectivity index (χ1) is 6.09. The number of aromatic nitrogens is 2. The molecule has 4 nitrogen and oxygen atoms in total. The molecule has 0 aliphatic rings. The van der Waals surface area contributed by atoms with Crippen LogP contribution in [-0.4, -0.2) is 22.3 Å². The van der Waals surface area contributed by atoms with Crippen LogP contribution in [0.1, 0.15) is 19.5 Å². The molecule has 2 N–H and O–H groups in total. The molecule has 0 saturated carbocycles. The Balaban J connectivity index is 2.73. The molecule has 0 amide bonds. The lowest BCUT2D eigenvalue weighted by molar-refractivity contribution is 0.00759. The van der Waals surface area contributed by atoms with E-state index >= 15 is 0 Å². The van der Waals surface area contributed by atoms with Crippen molar-refractivity contribution >= 4 is 0 Å². The monoisotopic (exact) mass is 183 g/mol. The Labute approximate surface area is 78.7 Å². The van der Waals surface area contributed by atoms with Gasteiger partial charge in [-0.2, -0.15) is 0 Å². The molecule has 0 atom stereocenters. The van der Waals surface area contributed by atoms with Gasteiger partial charge in [-0.05, 0) is 13.8 Å². The molecular weight excluding hydrogens is 166 g/mol. The molecule has 74 valence electrons. The minimum Gasteiger partial charge on any atom is -0.377 e. The molecule has 1 aromatic heterocycles. The summed E-state index contributed by atoms with van der Waals surface area (Å²) in [5.41, 5.74) is 6.41. The van der Waals surface area contributed by atoms with Crippen LogP contribution in [0.5, 0.6) is 0 Å². The number of imidazole rings is 1. The van der Waals surface area contributed by atoms with Gasteiger partial charge in [0.1, 0.15) is 0 Å². The lowest BCUT2D eigenvalue weighted by atomic mass is 10.1. The maximum Gasteiger partial charge on any atom is 0.0949 e. The van der Waals surface area contributed by atoms with Crippen molar-refractivity contribution < 1.29 is 4.74 Å². The standard InChI is InChI=1S/C9H17N3O/c1-9(2,13-3)6-12-7-11-5-8(12)4-10/h5,7H,4,6,10H2,1-3H3. The zero-order valence-corrected chi connectivity index (χ0v) is 8.45. The van der Waals surface area contributed by atoms with E-state index in [2.05, 4.69) is 4.98 Å². The first-order valence-corrected chi connectivity index (χ1v) is 4.33. The van der Waals surface area contributed by atoms with Crippen molar-refractivity contribution in [3.63, 3.8) is 0 Å². The van der Waals surface area contributed by atoms with Crippen LogP contribution in [0.4, 0.5) is 0 Å². The van der Waals surface area contributed by atoms with E-state index in [4.69, 9.17) is 10.5 Å². The molecule has 0 spiro atoms. The van der Waals surface area contributed by atoms with Crippen molar-refractivity contribution in [1.82, 2.24) is 9.55 Å². The van der Waals surface area contributed by atoms with Crippen molar-refractivity contribution in [2.75, 3.05) is 7.11 Å². The third-order valence-corrected chi connectivity index (χ3v) is 2.11. The summed E-state index contributed by atoms with van der Waals surface area (Å²) >= 11 is 0. The second kappa shape index (κ2) is 3.89. The van der Waals surface area contributed by atoms with Gasteiger partial charge in [-0.3, -0.25) is 0 Å². The number of ether oxygens (including phenoxy) is 1. The lowest BCUT2D eigenvalue weighted by Gasteiger charge is -2.24. The van der Waals surface area contributed by atoms with Gasteiger partial charge in [-0.1, -0.05) is 0 Å². The molecule has 1 heterocycles. The predicted molar refractivity (Wildman–Crippen MR) is 51.2 cm³/mol. The molecule has 0 aliphatic heterocycles. The molecule has 0 fully saturated rings. The van der Waals surface area contributed by atoms with Crippen LogP contribution in [0.3, 0.4) is 0 Å². The van der Waals surface area contributed by atoms with E-state index in [1.807, 2.05) is 18.4 Å². The SMILES string of the molecule is COC(C)(C)Cn1cncc1CN. The van der Waals surface area contributed by atoms with E-state index in [0.29, 0.717) is 6.54 Å². The second-order valence-corrected chi connectivity index (χ2v) is 3.68. The third kappa shape index (κ3) is 2.54. The Bertz CT molecular complexity index is 268. The zero-order valence-electron chi connectivity index (χ0n) is 8.45. The van der Waals surface area contributed by atoms with Gasteiger partial charge in [0, 0.05) is 19.9 Å². The normalized spacial score (nSPS) is 12.0. The first kappa shape index (κ1) is 10.2. The van der Waals surface area contributed by atoms with Gasteiger partial charge >= 0.3 is 0 Å². The molecular formula is C9H17N3O. The summed E-state index contributed by atoms with van der Waals surface area (Å²) in [5, 5.41) is 0. The molecule has 0 unspecified atom stereocenters. The maximum absolute atomic E-state index is 5.55. The van der Waals surface area contributed by atoms with Crippen molar-refractivity contribution in [1.29, 1.82) is 0 Å². The summed E-state index contributed by atoms with van der Waals surface area (Å²) in [7, 11) is 1.71. The van der Waals surface area contributed by atoms with E-state index in [-0.39, 0.29) is 5.60 Å². The lowest BCUT2D eigenvalue weighted by Crippen LogP contribution is -2.29. The fourth-order valence-corrected chi connectivity index (χ4v) is 1.14. The highest BCUT2D eigenvalue weighted by molar-refractivity contribution is 4.98. The minimum atomic E-state index is -0.176. The Morgan fingerprint density at radius 1 is 1.62 bits per heavy atom. The second-order valence-electron chi connectivity index (χ2n) is 3.68. The molecule has 1 rings (SSSR count). The van der Waals surface area contributed by atoms with E-state index in [9.17, 15) is 0 Å². The summed E-state index contributed by atoms with van der Waals surface area (Å²) in [5.74, 6) is 0. The summed E-state index contributed by atoms with van der Waals surface area (Å²) in [6.07, 6.45) is 3.56. The van der Waals surface area contributed by atoms with Crippen molar-refractivity contribution in [3.8, 4) is 0 Å². The Kier molecular flexibility index (Phi) is 3.06. The van der Waals surface area contributed by atoms with Crippen LogP contribution in [0.15, 0.2) is 12.5 Å². The van der Waals surface area contributed by atoms with Crippen LogP contribution in [0, 0.1) is 0 Å². The molecule has 13 heavy (non-hydrogen) atoms. The number of rotatable bonds is 4. The van der Waals surface area contributed by atoms with Crippen molar-refractivity contribution in [2.24, 2.45) is 5.73 Å². The molecule has 0 bridgehead atoms. The fraction of sp³-hybridized carbons (Fsp3) is 0.667. The number of nitrogens with zero attached hydrogens (tertiary/aromatic N) is 2. The van der Waals surface area contributed by atoms with Gasteiger partial charge in [0.25, 0.3) is 0 Å². The molecule has 0 aromatic carbocycles. The largest absolute Gasteiger partial charge is 0.377 e. The summed E-state index contributed by atoms with van der Waals surface area (Å²) in [4.78, 5) is 4.04. The Morgan fingerprint density at radius 2 is 2.31 bits per heavy atom. The first-order valence-electron chi connectivity index (χ1n) is 4.33. The third-order valence-electron chi connectivity index (χ3n) is 2.11. The van der Waals surface area contributed by atoms with E-state index < -0.39 is 0 Å². The number of methoxy groups -OCH3 is 1. The fourth-order valence-electron chi connectivity index (χ4n) is 1.14. The average Bonchev–Trinajstić information content (AvgIpc) is 2.51. The highest BCUT2D eigenvalue weighted by Gasteiger charge is 2.17. The quantitative estimate of drug-likeness (QED) is 0.750. The van der Waals surface area contributed by atoms with Gasteiger partial charge < -0.3 is 15.0 Å². The van der Waals surface area contributed by atoms with E-state index in [1.54, 1.807) is 19.6 Å². The van der Waals surface area contributed by atoms with Crippen LogP contribution in [0.25, 0.3) is 0 Å². The highest BCUT2D eigenvalue weighted by atomic mass is 16.5. The molecule has 0 saturated heterocycles. The van der Waals surface area contributed by atoms with Crippen LogP contribution < -0.4 is 5.73 Å². The Morgan fingerprint density at radius 3 is 2.85 bits per heavy atom. The van der Waals surface area contributed by atoms with Crippen molar-refractivity contribution in [2.45, 2.75) is 32.5 Å². The predicted octanol–water partition coefficient (Wildman–Crippen LogP) is 0.767. The summed E-state index contributed by atoms with van der Waals surface area (Å²) in [6.45, 7) is 5.36. The highest BCUT2D eigenvalue weighted by Crippen LogP contribution is 2.12. The van der Waals surface area contributed by atoms with Crippen LogP contribution in [-0.2, 0) is 17.8 Å². The van der Waals surface area contributed by atoms with E-state index in [1.165, 1.54) is 0 Å². The zero-order chi connectivity index (χ0) is 9.90. The van der Waals surface area contributed by atoms with Gasteiger partial charge in [0.15, 0.2) is 0 Å².